The first-order chi connectivity index (χ1) is 5.97. The molecule has 78 valence electrons. The molecule has 13 heavy (non-hydrogen) atoms. The number of carbonyl (C=O) groups excluding carboxylic acids is 1. The van der Waals surface area contributed by atoms with E-state index in [0.29, 0.717) is 12.5 Å². The number of hydrogen-bond acceptors (Lipinski definition) is 2. The Balaban J connectivity index is 3.77. The summed E-state index contributed by atoms with van der Waals surface area (Å²) in [7, 11) is 0. The van der Waals surface area contributed by atoms with Crippen LogP contribution >= 0.6 is 0 Å². The minimum atomic E-state index is -0.0744. The molecule has 0 saturated carbocycles. The number of carbonyl (C=O) groups is 1. The minimum absolute atomic E-state index is 0.0654. The maximum atomic E-state index is 11.4. The van der Waals surface area contributed by atoms with E-state index in [0.717, 1.165) is 6.42 Å². The monoisotopic (exact) mass is 186 g/mol. The number of amides is 1. The van der Waals surface area contributed by atoms with Crippen LogP contribution in [0.4, 0.5) is 0 Å². The van der Waals surface area contributed by atoms with E-state index in [1.54, 1.807) is 0 Å². The van der Waals surface area contributed by atoms with Gasteiger partial charge in [-0.1, -0.05) is 20.8 Å². The average molecular weight is 186 g/mol. The highest BCUT2D eigenvalue weighted by Crippen LogP contribution is 2.04. The molecule has 0 spiro atoms. The number of rotatable bonds is 5. The zero-order valence-corrected chi connectivity index (χ0v) is 9.13. The summed E-state index contributed by atoms with van der Waals surface area (Å²) in [6, 6.07) is 0.251. The molecule has 0 aliphatic rings. The summed E-state index contributed by atoms with van der Waals surface area (Å²) >= 11 is 0. The molecule has 0 saturated heterocycles. The summed E-state index contributed by atoms with van der Waals surface area (Å²) in [5.41, 5.74) is 5.39. The highest BCUT2D eigenvalue weighted by atomic mass is 16.1. The molecule has 3 heteroatoms. The van der Waals surface area contributed by atoms with E-state index in [1.807, 2.05) is 13.8 Å². The van der Waals surface area contributed by atoms with Crippen LogP contribution in [0.15, 0.2) is 0 Å². The SMILES string of the molecule is CC(C)CC(C)NC(=O)C(C)CN. The van der Waals surface area contributed by atoms with E-state index in [4.69, 9.17) is 5.73 Å². The lowest BCUT2D eigenvalue weighted by atomic mass is 10.0. The molecule has 2 atom stereocenters. The minimum Gasteiger partial charge on any atom is -0.353 e. The molecule has 0 bridgehead atoms. The van der Waals surface area contributed by atoms with Gasteiger partial charge in [0.05, 0.1) is 0 Å². The molecule has 0 rings (SSSR count). The Bertz CT molecular complexity index is 157. The fraction of sp³-hybridized carbons (Fsp3) is 0.900. The molecule has 0 radical (unpaired) electrons. The number of hydrogen-bond donors (Lipinski definition) is 2. The second-order valence-corrected chi connectivity index (χ2v) is 4.18. The van der Waals surface area contributed by atoms with Gasteiger partial charge in [-0.3, -0.25) is 4.79 Å². The molecular formula is C10H22N2O. The first-order valence-electron chi connectivity index (χ1n) is 4.97. The summed E-state index contributed by atoms with van der Waals surface area (Å²) in [4.78, 5) is 11.4. The van der Waals surface area contributed by atoms with E-state index >= 15 is 0 Å². The third kappa shape index (κ3) is 5.64. The van der Waals surface area contributed by atoms with Crippen LogP contribution in [0.1, 0.15) is 34.1 Å². The van der Waals surface area contributed by atoms with Crippen molar-refractivity contribution in [3.8, 4) is 0 Å². The lowest BCUT2D eigenvalue weighted by molar-refractivity contribution is -0.124. The van der Waals surface area contributed by atoms with Crippen LogP contribution in [0.3, 0.4) is 0 Å². The zero-order valence-electron chi connectivity index (χ0n) is 9.13. The van der Waals surface area contributed by atoms with Crippen LogP contribution in [-0.2, 0) is 4.79 Å². The Morgan fingerprint density at radius 2 is 1.85 bits per heavy atom. The summed E-state index contributed by atoms with van der Waals surface area (Å²) in [6.45, 7) is 8.59. The van der Waals surface area contributed by atoms with Crippen LogP contribution in [0, 0.1) is 11.8 Å². The van der Waals surface area contributed by atoms with Crippen molar-refractivity contribution in [3.63, 3.8) is 0 Å². The van der Waals surface area contributed by atoms with Gasteiger partial charge in [-0.2, -0.15) is 0 Å². The second kappa shape index (κ2) is 5.97. The molecule has 3 N–H and O–H groups in total. The Morgan fingerprint density at radius 1 is 1.31 bits per heavy atom. The van der Waals surface area contributed by atoms with Gasteiger partial charge in [0.1, 0.15) is 0 Å². The molecule has 0 aliphatic heterocycles. The van der Waals surface area contributed by atoms with E-state index in [2.05, 4.69) is 19.2 Å². The fourth-order valence-corrected chi connectivity index (χ4v) is 1.26. The predicted octanol–water partition coefficient (Wildman–Crippen LogP) is 1.13. The van der Waals surface area contributed by atoms with Gasteiger partial charge in [0.25, 0.3) is 0 Å². The van der Waals surface area contributed by atoms with E-state index in [9.17, 15) is 4.79 Å². The lowest BCUT2D eigenvalue weighted by Crippen LogP contribution is -2.39. The van der Waals surface area contributed by atoms with Gasteiger partial charge >= 0.3 is 0 Å². The second-order valence-electron chi connectivity index (χ2n) is 4.18. The Kier molecular flexibility index (Phi) is 5.71. The summed E-state index contributed by atoms with van der Waals surface area (Å²) in [5.74, 6) is 0.605. The van der Waals surface area contributed by atoms with Crippen molar-refractivity contribution in [1.82, 2.24) is 5.32 Å². The first-order valence-corrected chi connectivity index (χ1v) is 4.97. The molecule has 0 aromatic rings. The van der Waals surface area contributed by atoms with Gasteiger partial charge in [-0.25, -0.2) is 0 Å². The van der Waals surface area contributed by atoms with Crippen molar-refractivity contribution in [2.45, 2.75) is 40.2 Å². The van der Waals surface area contributed by atoms with Crippen molar-refractivity contribution < 1.29 is 4.79 Å². The van der Waals surface area contributed by atoms with Crippen LogP contribution in [0.25, 0.3) is 0 Å². The van der Waals surface area contributed by atoms with Crippen molar-refractivity contribution in [2.24, 2.45) is 17.6 Å². The Labute approximate surface area is 81.1 Å². The number of nitrogens with two attached hydrogens (primary N) is 1. The normalized spacial score (nSPS) is 15.5. The highest BCUT2D eigenvalue weighted by molar-refractivity contribution is 5.78. The van der Waals surface area contributed by atoms with Crippen molar-refractivity contribution in [3.05, 3.63) is 0 Å². The van der Waals surface area contributed by atoms with Gasteiger partial charge in [-0.15, -0.1) is 0 Å². The Hall–Kier alpha value is -0.570. The first kappa shape index (κ1) is 12.4. The summed E-state index contributed by atoms with van der Waals surface area (Å²) in [6.07, 6.45) is 1.02. The van der Waals surface area contributed by atoms with Crippen LogP contribution < -0.4 is 11.1 Å². The van der Waals surface area contributed by atoms with Crippen molar-refractivity contribution >= 4 is 5.91 Å². The third-order valence-corrected chi connectivity index (χ3v) is 2.01. The molecule has 2 unspecified atom stereocenters. The average Bonchev–Trinajstić information content (AvgIpc) is 2.01. The van der Waals surface area contributed by atoms with Gasteiger partial charge in [0.15, 0.2) is 0 Å². The Morgan fingerprint density at radius 3 is 2.23 bits per heavy atom. The standard InChI is InChI=1S/C10H22N2O/c1-7(2)5-9(4)12-10(13)8(3)6-11/h7-9H,5-6,11H2,1-4H3,(H,12,13). The molecule has 0 aliphatic carbocycles. The quantitative estimate of drug-likeness (QED) is 0.676. The smallest absolute Gasteiger partial charge is 0.224 e. The van der Waals surface area contributed by atoms with Crippen LogP contribution in [0.2, 0.25) is 0 Å². The molecule has 1 amide bonds. The van der Waals surface area contributed by atoms with Gasteiger partial charge < -0.3 is 11.1 Å². The summed E-state index contributed by atoms with van der Waals surface area (Å²) < 4.78 is 0. The summed E-state index contributed by atoms with van der Waals surface area (Å²) in [5, 5.41) is 2.94. The van der Waals surface area contributed by atoms with Crippen molar-refractivity contribution in [2.75, 3.05) is 6.54 Å². The topological polar surface area (TPSA) is 55.1 Å². The van der Waals surface area contributed by atoms with Crippen LogP contribution in [0.5, 0.6) is 0 Å². The fourth-order valence-electron chi connectivity index (χ4n) is 1.26. The molecule has 3 nitrogen and oxygen atoms in total. The van der Waals surface area contributed by atoms with Crippen molar-refractivity contribution in [1.29, 1.82) is 0 Å². The lowest BCUT2D eigenvalue weighted by Gasteiger charge is -2.18. The zero-order chi connectivity index (χ0) is 10.4. The van der Waals surface area contributed by atoms with Gasteiger partial charge in [0, 0.05) is 18.5 Å². The molecule has 0 fully saturated rings. The van der Waals surface area contributed by atoms with Crippen LogP contribution in [-0.4, -0.2) is 18.5 Å². The van der Waals surface area contributed by atoms with E-state index in [-0.39, 0.29) is 17.9 Å². The maximum Gasteiger partial charge on any atom is 0.224 e. The van der Waals surface area contributed by atoms with Gasteiger partial charge in [0.2, 0.25) is 5.91 Å². The van der Waals surface area contributed by atoms with E-state index < -0.39 is 0 Å². The van der Waals surface area contributed by atoms with E-state index in [1.165, 1.54) is 0 Å². The molecule has 0 aromatic carbocycles. The molecule has 0 aromatic heterocycles. The third-order valence-electron chi connectivity index (χ3n) is 2.01. The van der Waals surface area contributed by atoms with Gasteiger partial charge in [-0.05, 0) is 19.3 Å². The molecular weight excluding hydrogens is 164 g/mol. The maximum absolute atomic E-state index is 11.4. The molecule has 0 heterocycles. The highest BCUT2D eigenvalue weighted by Gasteiger charge is 2.13. The largest absolute Gasteiger partial charge is 0.353 e. The number of nitrogens with one attached hydrogen (secondary N) is 1. The predicted molar refractivity (Wildman–Crippen MR) is 55.3 cm³/mol.